The highest BCUT2D eigenvalue weighted by molar-refractivity contribution is 9.10. The number of aldehydes is 1. The fraction of sp³-hybridized carbons (Fsp3) is 0.417. The van der Waals surface area contributed by atoms with E-state index in [4.69, 9.17) is 5.73 Å². The number of hydrogen-bond acceptors (Lipinski definition) is 3. The van der Waals surface area contributed by atoms with Gasteiger partial charge in [-0.15, -0.1) is 0 Å². The Morgan fingerprint density at radius 3 is 2.62 bits per heavy atom. The summed E-state index contributed by atoms with van der Waals surface area (Å²) in [6, 6.07) is 3.76. The van der Waals surface area contributed by atoms with Gasteiger partial charge in [-0.1, -0.05) is 6.42 Å². The van der Waals surface area contributed by atoms with Crippen LogP contribution in [0.25, 0.3) is 0 Å². The van der Waals surface area contributed by atoms with Crippen molar-refractivity contribution in [3.8, 4) is 0 Å². The third-order valence-electron chi connectivity index (χ3n) is 3.37. The fourth-order valence-corrected chi connectivity index (χ4v) is 2.96. The number of nitrogens with two attached hydrogens (primary N) is 1. The van der Waals surface area contributed by atoms with Crippen LogP contribution >= 0.6 is 15.9 Å². The van der Waals surface area contributed by atoms with Crippen molar-refractivity contribution in [3.05, 3.63) is 22.2 Å². The Kier molecular flexibility index (Phi) is 2.93. The Morgan fingerprint density at radius 1 is 1.50 bits per heavy atom. The van der Waals surface area contributed by atoms with E-state index in [1.807, 2.05) is 19.2 Å². The molecule has 86 valence electrons. The van der Waals surface area contributed by atoms with Crippen molar-refractivity contribution in [2.24, 2.45) is 0 Å². The number of anilines is 2. The van der Waals surface area contributed by atoms with Gasteiger partial charge in [0.2, 0.25) is 0 Å². The Bertz CT molecular complexity index is 427. The fourth-order valence-electron chi connectivity index (χ4n) is 2.28. The van der Waals surface area contributed by atoms with Crippen molar-refractivity contribution in [1.82, 2.24) is 0 Å². The Morgan fingerprint density at radius 2 is 2.19 bits per heavy atom. The summed E-state index contributed by atoms with van der Waals surface area (Å²) in [5, 5.41) is 3.14. The van der Waals surface area contributed by atoms with Crippen LogP contribution in [-0.4, -0.2) is 13.3 Å². The Hall–Kier alpha value is -1.03. The summed E-state index contributed by atoms with van der Waals surface area (Å²) >= 11 is 3.47. The second kappa shape index (κ2) is 4.09. The summed E-state index contributed by atoms with van der Waals surface area (Å²) in [6.45, 7) is 0. The molecule has 0 bridgehead atoms. The molecule has 0 aliphatic heterocycles. The van der Waals surface area contributed by atoms with E-state index in [9.17, 15) is 4.79 Å². The van der Waals surface area contributed by atoms with Crippen LogP contribution in [0.15, 0.2) is 16.6 Å². The highest BCUT2D eigenvalue weighted by atomic mass is 79.9. The predicted octanol–water partition coefficient (Wildman–Crippen LogP) is 2.69. The molecule has 1 aromatic rings. The molecule has 1 saturated carbocycles. The Labute approximate surface area is 104 Å². The SMILES string of the molecule is CNc1c(Br)cc(N)cc1C1(C=O)CCC1. The maximum Gasteiger partial charge on any atom is 0.130 e. The average Bonchev–Trinajstić information content (AvgIpc) is 2.16. The van der Waals surface area contributed by atoms with Crippen LogP contribution < -0.4 is 11.1 Å². The first-order valence-electron chi connectivity index (χ1n) is 5.36. The van der Waals surface area contributed by atoms with Crippen LogP contribution in [0.1, 0.15) is 24.8 Å². The molecule has 0 atom stereocenters. The standard InChI is InChI=1S/C12H15BrN2O/c1-15-11-9(5-8(14)6-10(11)13)12(7-16)3-2-4-12/h5-7,15H,2-4,14H2,1H3. The van der Waals surface area contributed by atoms with Crippen molar-refractivity contribution in [3.63, 3.8) is 0 Å². The van der Waals surface area contributed by atoms with E-state index >= 15 is 0 Å². The summed E-state index contributed by atoms with van der Waals surface area (Å²) in [4.78, 5) is 11.3. The van der Waals surface area contributed by atoms with Crippen molar-refractivity contribution >= 4 is 33.6 Å². The van der Waals surface area contributed by atoms with Gasteiger partial charge >= 0.3 is 0 Å². The summed E-state index contributed by atoms with van der Waals surface area (Å²) in [5.74, 6) is 0. The maximum absolute atomic E-state index is 11.3. The number of halogens is 1. The molecule has 0 unspecified atom stereocenters. The van der Waals surface area contributed by atoms with Gasteiger partial charge in [-0.25, -0.2) is 0 Å². The van der Waals surface area contributed by atoms with Gasteiger partial charge in [-0.2, -0.15) is 0 Å². The van der Waals surface area contributed by atoms with Gasteiger partial charge in [0, 0.05) is 17.2 Å². The summed E-state index contributed by atoms with van der Waals surface area (Å²) < 4.78 is 0.915. The maximum atomic E-state index is 11.3. The van der Waals surface area contributed by atoms with Crippen LogP contribution in [0.2, 0.25) is 0 Å². The molecule has 0 heterocycles. The molecular formula is C12H15BrN2O. The average molecular weight is 283 g/mol. The number of carbonyl (C=O) groups excluding carboxylic acids is 1. The minimum absolute atomic E-state index is 0.323. The normalized spacial score (nSPS) is 17.6. The van der Waals surface area contributed by atoms with Gasteiger partial charge in [0.1, 0.15) is 6.29 Å². The molecule has 3 N–H and O–H groups in total. The van der Waals surface area contributed by atoms with Crippen molar-refractivity contribution in [1.29, 1.82) is 0 Å². The van der Waals surface area contributed by atoms with Crippen molar-refractivity contribution in [2.45, 2.75) is 24.7 Å². The molecule has 1 fully saturated rings. The lowest BCUT2D eigenvalue weighted by Crippen LogP contribution is -2.36. The highest BCUT2D eigenvalue weighted by Crippen LogP contribution is 2.47. The second-order valence-electron chi connectivity index (χ2n) is 4.30. The smallest absolute Gasteiger partial charge is 0.130 e. The molecule has 3 nitrogen and oxygen atoms in total. The van der Waals surface area contributed by atoms with Crippen LogP contribution in [0.4, 0.5) is 11.4 Å². The number of carbonyl (C=O) groups is 1. The zero-order valence-electron chi connectivity index (χ0n) is 9.22. The van der Waals surface area contributed by atoms with Crippen LogP contribution in [0.5, 0.6) is 0 Å². The van der Waals surface area contributed by atoms with E-state index in [0.717, 1.165) is 41.3 Å². The third-order valence-corrected chi connectivity index (χ3v) is 4.00. The molecular weight excluding hydrogens is 268 g/mol. The first kappa shape index (κ1) is 11.5. The lowest BCUT2D eigenvalue weighted by molar-refractivity contribution is -0.115. The lowest BCUT2D eigenvalue weighted by Gasteiger charge is -2.38. The number of nitrogens with one attached hydrogen (secondary N) is 1. The molecule has 1 aliphatic carbocycles. The summed E-state index contributed by atoms with van der Waals surface area (Å²) in [7, 11) is 1.86. The Balaban J connectivity index is 2.58. The molecule has 2 rings (SSSR count). The molecule has 1 aliphatic rings. The zero-order chi connectivity index (χ0) is 11.8. The van der Waals surface area contributed by atoms with E-state index in [1.54, 1.807) is 0 Å². The molecule has 0 spiro atoms. The molecule has 0 radical (unpaired) electrons. The first-order valence-corrected chi connectivity index (χ1v) is 6.16. The molecule has 1 aromatic carbocycles. The van der Waals surface area contributed by atoms with Gasteiger partial charge in [0.05, 0.1) is 11.1 Å². The van der Waals surface area contributed by atoms with Gasteiger partial charge in [0.25, 0.3) is 0 Å². The van der Waals surface area contributed by atoms with Crippen molar-refractivity contribution in [2.75, 3.05) is 18.1 Å². The zero-order valence-corrected chi connectivity index (χ0v) is 10.8. The number of nitrogen functional groups attached to an aromatic ring is 1. The first-order chi connectivity index (χ1) is 7.63. The van der Waals surface area contributed by atoms with Crippen LogP contribution in [0.3, 0.4) is 0 Å². The quantitative estimate of drug-likeness (QED) is 0.662. The minimum Gasteiger partial charge on any atom is -0.399 e. The molecule has 4 heteroatoms. The van der Waals surface area contributed by atoms with E-state index < -0.39 is 0 Å². The topological polar surface area (TPSA) is 55.1 Å². The van der Waals surface area contributed by atoms with Crippen molar-refractivity contribution < 1.29 is 4.79 Å². The summed E-state index contributed by atoms with van der Waals surface area (Å²) in [6.07, 6.45) is 4.01. The minimum atomic E-state index is -0.323. The van der Waals surface area contributed by atoms with Gasteiger partial charge in [0.15, 0.2) is 0 Å². The molecule has 0 aromatic heterocycles. The highest BCUT2D eigenvalue weighted by Gasteiger charge is 2.40. The van der Waals surface area contributed by atoms with Gasteiger partial charge in [-0.05, 0) is 46.5 Å². The van der Waals surface area contributed by atoms with Crippen LogP contribution in [0, 0.1) is 0 Å². The van der Waals surface area contributed by atoms with E-state index in [-0.39, 0.29) is 5.41 Å². The lowest BCUT2D eigenvalue weighted by atomic mass is 9.65. The van der Waals surface area contributed by atoms with Gasteiger partial charge in [-0.3, -0.25) is 0 Å². The van der Waals surface area contributed by atoms with E-state index in [2.05, 4.69) is 21.2 Å². The number of benzene rings is 1. The van der Waals surface area contributed by atoms with E-state index in [1.165, 1.54) is 0 Å². The largest absolute Gasteiger partial charge is 0.399 e. The molecule has 0 amide bonds. The van der Waals surface area contributed by atoms with Crippen LogP contribution in [-0.2, 0) is 10.2 Å². The number of rotatable bonds is 3. The second-order valence-corrected chi connectivity index (χ2v) is 5.16. The number of hydrogen-bond donors (Lipinski definition) is 2. The third kappa shape index (κ3) is 1.61. The molecule has 0 saturated heterocycles. The van der Waals surface area contributed by atoms with E-state index in [0.29, 0.717) is 5.69 Å². The predicted molar refractivity (Wildman–Crippen MR) is 69.7 cm³/mol. The monoisotopic (exact) mass is 282 g/mol. The summed E-state index contributed by atoms with van der Waals surface area (Å²) in [5.41, 5.74) is 8.20. The molecule has 16 heavy (non-hydrogen) atoms. The van der Waals surface area contributed by atoms with Gasteiger partial charge < -0.3 is 15.8 Å².